The van der Waals surface area contributed by atoms with E-state index in [1.807, 2.05) is 25.8 Å². The molecule has 0 aromatic heterocycles. The molecule has 7 nitrogen and oxygen atoms in total. The Kier molecular flexibility index (Phi) is 6.32. The van der Waals surface area contributed by atoms with Crippen LogP contribution >= 0.6 is 0 Å². The third-order valence-corrected chi connectivity index (χ3v) is 5.98. The lowest BCUT2D eigenvalue weighted by Crippen LogP contribution is -2.65. The summed E-state index contributed by atoms with van der Waals surface area (Å²) in [5, 5.41) is 12.0. The van der Waals surface area contributed by atoms with E-state index in [0.29, 0.717) is 13.2 Å². The summed E-state index contributed by atoms with van der Waals surface area (Å²) >= 11 is 0. The van der Waals surface area contributed by atoms with Crippen molar-refractivity contribution in [2.45, 2.75) is 71.2 Å². The number of likely N-dealkylation sites (N-methyl/N-ethyl adjacent to an activating group) is 1. The van der Waals surface area contributed by atoms with Crippen molar-refractivity contribution in [2.75, 3.05) is 26.7 Å². The molecule has 2 rings (SSSR count). The van der Waals surface area contributed by atoms with Crippen LogP contribution in [0.5, 0.6) is 0 Å². The van der Waals surface area contributed by atoms with Gasteiger partial charge in [-0.05, 0) is 32.7 Å². The first kappa shape index (κ1) is 20.0. The highest BCUT2D eigenvalue weighted by Gasteiger charge is 2.52. The second-order valence-electron chi connectivity index (χ2n) is 7.86. The molecule has 2 fully saturated rings. The van der Waals surface area contributed by atoms with Gasteiger partial charge in [0, 0.05) is 37.2 Å². The van der Waals surface area contributed by atoms with E-state index in [2.05, 4.69) is 19.2 Å². The molecule has 2 atom stereocenters. The van der Waals surface area contributed by atoms with Gasteiger partial charge in [0.15, 0.2) is 0 Å². The van der Waals surface area contributed by atoms with Gasteiger partial charge >= 0.3 is 12.0 Å². The van der Waals surface area contributed by atoms with Gasteiger partial charge in [-0.15, -0.1) is 0 Å². The second kappa shape index (κ2) is 7.91. The van der Waals surface area contributed by atoms with Gasteiger partial charge in [-0.2, -0.15) is 0 Å². The Morgan fingerprint density at radius 2 is 1.88 bits per heavy atom. The number of nitrogens with one attached hydrogen (secondary N) is 1. The van der Waals surface area contributed by atoms with E-state index in [1.165, 1.54) is 0 Å². The Balaban J connectivity index is 1.77. The summed E-state index contributed by atoms with van der Waals surface area (Å²) in [6, 6.07) is 0.518. The predicted octanol–water partition coefficient (Wildman–Crippen LogP) is 1.77. The summed E-state index contributed by atoms with van der Waals surface area (Å²) in [6.45, 7) is 9.74. The fourth-order valence-electron chi connectivity index (χ4n) is 4.10. The van der Waals surface area contributed by atoms with E-state index < -0.39 is 5.97 Å². The Hall–Kier alpha value is -1.34. The summed E-state index contributed by atoms with van der Waals surface area (Å²) in [5.41, 5.74) is -0.0370. The number of hydrogen-bond donors (Lipinski definition) is 2. The molecule has 144 valence electrons. The van der Waals surface area contributed by atoms with E-state index in [1.54, 1.807) is 4.90 Å². The molecule has 7 heteroatoms. The maximum absolute atomic E-state index is 12.5. The first-order valence-electron chi connectivity index (χ1n) is 9.31. The maximum atomic E-state index is 12.5. The van der Waals surface area contributed by atoms with Gasteiger partial charge in [-0.3, -0.25) is 9.69 Å². The number of carbonyl (C=O) groups is 2. The molecule has 0 heterocycles. The van der Waals surface area contributed by atoms with Crippen molar-refractivity contribution in [1.82, 2.24) is 15.1 Å². The van der Waals surface area contributed by atoms with E-state index in [4.69, 9.17) is 9.84 Å². The monoisotopic (exact) mass is 355 g/mol. The van der Waals surface area contributed by atoms with Crippen LogP contribution in [0.1, 0.15) is 47.0 Å². The molecule has 0 radical (unpaired) electrons. The standard InChI is InChI=1S/C18H33N3O4/c1-6-21(11-16(22)23)13-8-12(9-13)19-17(24)20(5)14-10-15(25-7-2)18(14,3)4/h12-15H,6-11H2,1-5H3,(H,19,24)(H,22,23). The van der Waals surface area contributed by atoms with Crippen molar-refractivity contribution in [3.8, 4) is 0 Å². The molecule has 2 aliphatic carbocycles. The van der Waals surface area contributed by atoms with Crippen LogP contribution in [-0.4, -0.2) is 77.9 Å². The lowest BCUT2D eigenvalue weighted by Gasteiger charge is -2.55. The zero-order chi connectivity index (χ0) is 18.8. The average Bonchev–Trinajstić information content (AvgIpc) is 2.51. The van der Waals surface area contributed by atoms with Crippen molar-refractivity contribution >= 4 is 12.0 Å². The van der Waals surface area contributed by atoms with Crippen LogP contribution in [0.2, 0.25) is 0 Å². The number of carboxylic acid groups (broad SMARTS) is 1. The number of rotatable bonds is 8. The molecule has 2 unspecified atom stereocenters. The van der Waals surface area contributed by atoms with Crippen LogP contribution in [0.25, 0.3) is 0 Å². The van der Waals surface area contributed by atoms with Crippen LogP contribution < -0.4 is 5.32 Å². The lowest BCUT2D eigenvalue weighted by molar-refractivity contribution is -0.139. The Labute approximate surface area is 150 Å². The van der Waals surface area contributed by atoms with Gasteiger partial charge in [-0.25, -0.2) is 4.79 Å². The number of urea groups is 1. The fraction of sp³-hybridized carbons (Fsp3) is 0.889. The maximum Gasteiger partial charge on any atom is 0.317 e. The molecule has 0 saturated heterocycles. The number of carbonyl (C=O) groups excluding carboxylic acids is 1. The second-order valence-corrected chi connectivity index (χ2v) is 7.86. The first-order valence-corrected chi connectivity index (χ1v) is 9.31. The third-order valence-electron chi connectivity index (χ3n) is 5.98. The number of nitrogens with zero attached hydrogens (tertiary/aromatic N) is 2. The largest absolute Gasteiger partial charge is 0.480 e. The lowest BCUT2D eigenvalue weighted by atomic mass is 9.64. The van der Waals surface area contributed by atoms with E-state index >= 15 is 0 Å². The van der Waals surface area contributed by atoms with Crippen molar-refractivity contribution in [3.63, 3.8) is 0 Å². The molecular formula is C18H33N3O4. The zero-order valence-electron chi connectivity index (χ0n) is 16.1. The van der Waals surface area contributed by atoms with Crippen LogP contribution in [0.3, 0.4) is 0 Å². The molecule has 0 bridgehead atoms. The highest BCUT2D eigenvalue weighted by Crippen LogP contribution is 2.45. The van der Waals surface area contributed by atoms with Crippen LogP contribution in [0, 0.1) is 5.41 Å². The summed E-state index contributed by atoms with van der Waals surface area (Å²) in [4.78, 5) is 27.2. The number of hydrogen-bond acceptors (Lipinski definition) is 4. The minimum atomic E-state index is -0.801. The van der Waals surface area contributed by atoms with E-state index in [9.17, 15) is 9.59 Å². The third kappa shape index (κ3) is 4.26. The summed E-state index contributed by atoms with van der Waals surface area (Å²) in [6.07, 6.45) is 2.72. The average molecular weight is 355 g/mol. The predicted molar refractivity (Wildman–Crippen MR) is 95.6 cm³/mol. The topological polar surface area (TPSA) is 82.1 Å². The molecule has 25 heavy (non-hydrogen) atoms. The SMILES string of the molecule is CCOC1CC(N(C)C(=O)NC2CC(N(CC)CC(=O)O)C2)C1(C)C. The van der Waals surface area contributed by atoms with E-state index in [-0.39, 0.29) is 42.2 Å². The van der Waals surface area contributed by atoms with Gasteiger partial charge in [-0.1, -0.05) is 20.8 Å². The number of amides is 2. The summed E-state index contributed by atoms with van der Waals surface area (Å²) < 4.78 is 5.74. The Bertz CT molecular complexity index is 491. The minimum Gasteiger partial charge on any atom is -0.480 e. The summed E-state index contributed by atoms with van der Waals surface area (Å²) in [7, 11) is 1.85. The first-order chi connectivity index (χ1) is 11.7. The number of ether oxygens (including phenoxy) is 1. The molecule has 0 spiro atoms. The Morgan fingerprint density at radius 3 is 2.36 bits per heavy atom. The quantitative estimate of drug-likeness (QED) is 0.693. The van der Waals surface area contributed by atoms with Crippen molar-refractivity contribution < 1.29 is 19.4 Å². The van der Waals surface area contributed by atoms with Crippen LogP contribution in [0.15, 0.2) is 0 Å². The highest BCUT2D eigenvalue weighted by atomic mass is 16.5. The molecule has 2 N–H and O–H groups in total. The molecule has 2 saturated carbocycles. The molecule has 0 aromatic carbocycles. The van der Waals surface area contributed by atoms with Crippen molar-refractivity contribution in [2.24, 2.45) is 5.41 Å². The molecule has 2 amide bonds. The molecule has 0 aromatic rings. The van der Waals surface area contributed by atoms with E-state index in [0.717, 1.165) is 19.3 Å². The van der Waals surface area contributed by atoms with Crippen molar-refractivity contribution in [3.05, 3.63) is 0 Å². The minimum absolute atomic E-state index is 0.0370. The van der Waals surface area contributed by atoms with Gasteiger partial charge in [0.25, 0.3) is 0 Å². The molecule has 0 aliphatic heterocycles. The van der Waals surface area contributed by atoms with Gasteiger partial charge in [0.2, 0.25) is 0 Å². The van der Waals surface area contributed by atoms with Gasteiger partial charge < -0.3 is 20.1 Å². The zero-order valence-corrected chi connectivity index (χ0v) is 16.1. The van der Waals surface area contributed by atoms with Gasteiger partial charge in [0.05, 0.1) is 12.6 Å². The molecule has 2 aliphatic rings. The van der Waals surface area contributed by atoms with Gasteiger partial charge in [0.1, 0.15) is 0 Å². The normalized spacial score (nSPS) is 30.3. The smallest absolute Gasteiger partial charge is 0.317 e. The number of aliphatic carboxylic acids is 1. The Morgan fingerprint density at radius 1 is 1.24 bits per heavy atom. The fourth-order valence-corrected chi connectivity index (χ4v) is 4.10. The van der Waals surface area contributed by atoms with Crippen LogP contribution in [0.4, 0.5) is 4.79 Å². The number of carboxylic acids is 1. The van der Waals surface area contributed by atoms with Crippen LogP contribution in [-0.2, 0) is 9.53 Å². The van der Waals surface area contributed by atoms with Crippen molar-refractivity contribution in [1.29, 1.82) is 0 Å². The molecular weight excluding hydrogens is 322 g/mol. The summed E-state index contributed by atoms with van der Waals surface area (Å²) in [5.74, 6) is -0.801. The highest BCUT2D eigenvalue weighted by molar-refractivity contribution is 5.75.